The number of hydrogen-bond acceptors (Lipinski definition) is 6. The predicted octanol–water partition coefficient (Wildman–Crippen LogP) is -0.00434. The van der Waals surface area contributed by atoms with Crippen molar-refractivity contribution < 1.29 is 9.18 Å². The summed E-state index contributed by atoms with van der Waals surface area (Å²) < 4.78 is 13.7. The molecule has 1 amide bonds. The van der Waals surface area contributed by atoms with Crippen LogP contribution in [-0.4, -0.2) is 28.9 Å². The van der Waals surface area contributed by atoms with Crippen LogP contribution in [0.5, 0.6) is 0 Å². The molecule has 0 saturated heterocycles. The molecule has 8 heteroatoms. The zero-order valence-electron chi connectivity index (χ0n) is 9.22. The minimum absolute atomic E-state index is 0.283. The van der Waals surface area contributed by atoms with E-state index in [0.29, 0.717) is 0 Å². The van der Waals surface area contributed by atoms with Gasteiger partial charge in [0.25, 0.3) is 5.91 Å². The number of pyridine rings is 1. The van der Waals surface area contributed by atoms with Crippen molar-refractivity contribution in [2.24, 2.45) is 5.84 Å². The Morgan fingerprint density at radius 3 is 2.61 bits per heavy atom. The Balaban J connectivity index is 3.10. The smallest absolute Gasteiger partial charge is 0.258 e. The van der Waals surface area contributed by atoms with Crippen molar-refractivity contribution in [1.82, 2.24) is 9.88 Å². The highest BCUT2D eigenvalue weighted by atomic mass is 19.1. The van der Waals surface area contributed by atoms with E-state index in [2.05, 4.69) is 4.98 Å². The molecule has 92 valence electrons. The minimum atomic E-state index is -0.925. The summed E-state index contributed by atoms with van der Waals surface area (Å²) in [7, 11) is 0. The normalized spacial score (nSPS) is 9.11. The number of amides is 1. The Bertz CT molecular complexity index is 516. The van der Waals surface area contributed by atoms with Crippen LogP contribution in [0, 0.1) is 28.5 Å². The van der Waals surface area contributed by atoms with Crippen LogP contribution < -0.4 is 11.3 Å². The number of nitrogen functional groups attached to an aromatic ring is 1. The zero-order valence-corrected chi connectivity index (χ0v) is 9.22. The van der Waals surface area contributed by atoms with Gasteiger partial charge in [-0.15, -0.1) is 0 Å². The Morgan fingerprint density at radius 1 is 1.50 bits per heavy atom. The molecule has 0 fully saturated rings. The van der Waals surface area contributed by atoms with Gasteiger partial charge in [-0.2, -0.15) is 10.5 Å². The number of halogens is 1. The van der Waals surface area contributed by atoms with Crippen LogP contribution in [0.15, 0.2) is 12.3 Å². The van der Waals surface area contributed by atoms with E-state index in [-0.39, 0.29) is 24.5 Å². The molecule has 1 aromatic heterocycles. The number of nitrogens with zero attached hydrogens (tertiary/aromatic N) is 4. The molecule has 1 rings (SSSR count). The monoisotopic (exact) mass is 248 g/mol. The second-order valence-electron chi connectivity index (χ2n) is 3.14. The third-order valence-electron chi connectivity index (χ3n) is 2.07. The molecule has 0 radical (unpaired) electrons. The highest BCUT2D eigenvalue weighted by Gasteiger charge is 2.21. The molecule has 0 atom stereocenters. The number of aromatic nitrogens is 1. The predicted molar refractivity (Wildman–Crippen MR) is 59.1 cm³/mol. The number of hydrogen-bond donors (Lipinski definition) is 2. The maximum absolute atomic E-state index is 13.7. The molecular formula is C10H9FN6O. The van der Waals surface area contributed by atoms with E-state index in [1.807, 2.05) is 5.43 Å². The van der Waals surface area contributed by atoms with E-state index in [4.69, 9.17) is 16.4 Å². The van der Waals surface area contributed by atoms with E-state index in [0.717, 1.165) is 11.0 Å². The lowest BCUT2D eigenvalue weighted by molar-refractivity contribution is 0.0790. The van der Waals surface area contributed by atoms with E-state index < -0.39 is 11.7 Å². The molecule has 0 aliphatic carbocycles. The Labute approximate surface area is 102 Å². The molecule has 0 aromatic carbocycles. The topological polar surface area (TPSA) is 119 Å². The van der Waals surface area contributed by atoms with Gasteiger partial charge < -0.3 is 10.3 Å². The second kappa shape index (κ2) is 6.13. The quantitative estimate of drug-likeness (QED) is 0.439. The molecule has 3 N–H and O–H groups in total. The van der Waals surface area contributed by atoms with Gasteiger partial charge in [0, 0.05) is 6.20 Å². The lowest BCUT2D eigenvalue weighted by atomic mass is 10.2. The van der Waals surface area contributed by atoms with Crippen molar-refractivity contribution in [2.75, 3.05) is 18.5 Å². The third kappa shape index (κ3) is 2.70. The highest BCUT2D eigenvalue weighted by molar-refractivity contribution is 5.95. The van der Waals surface area contributed by atoms with Gasteiger partial charge in [0.05, 0.1) is 17.7 Å². The van der Waals surface area contributed by atoms with Crippen LogP contribution in [0.2, 0.25) is 0 Å². The maximum atomic E-state index is 13.7. The van der Waals surface area contributed by atoms with Crippen LogP contribution in [0.25, 0.3) is 0 Å². The van der Waals surface area contributed by atoms with Crippen molar-refractivity contribution in [1.29, 1.82) is 10.5 Å². The number of anilines is 1. The first-order valence-corrected chi connectivity index (χ1v) is 4.80. The summed E-state index contributed by atoms with van der Waals surface area (Å²) in [5.74, 6) is 3.05. The molecule has 7 nitrogen and oxygen atoms in total. The van der Waals surface area contributed by atoms with Crippen molar-refractivity contribution in [3.05, 3.63) is 23.6 Å². The fraction of sp³-hybridized carbons (Fsp3) is 0.200. The number of nitrogens with one attached hydrogen (secondary N) is 1. The zero-order chi connectivity index (χ0) is 13.5. The van der Waals surface area contributed by atoms with Crippen LogP contribution in [0.3, 0.4) is 0 Å². The lowest BCUT2D eigenvalue weighted by Gasteiger charge is -2.16. The minimum Gasteiger partial charge on any atom is -0.312 e. The summed E-state index contributed by atoms with van der Waals surface area (Å²) in [4.78, 5) is 16.4. The number of hydrazine groups is 1. The summed E-state index contributed by atoms with van der Waals surface area (Å²) in [6.07, 6.45) is 1.20. The second-order valence-corrected chi connectivity index (χ2v) is 3.14. The number of nitrogens with two attached hydrogens (primary N) is 1. The van der Waals surface area contributed by atoms with Gasteiger partial charge in [-0.25, -0.2) is 15.2 Å². The standard InChI is InChI=1S/C10H9FN6O/c11-8-7(1-4-15-9(8)16-14)10(18)17(5-2-12)6-3-13/h1,4H,5-6,14H2,(H,15,16). The number of rotatable bonds is 4. The Morgan fingerprint density at radius 2 is 2.11 bits per heavy atom. The first-order valence-electron chi connectivity index (χ1n) is 4.80. The SMILES string of the molecule is N#CCN(CC#N)C(=O)c1ccnc(NN)c1F. The molecule has 0 unspecified atom stereocenters. The number of nitriles is 2. The average Bonchev–Trinajstić information content (AvgIpc) is 2.38. The summed E-state index contributed by atoms with van der Waals surface area (Å²) in [5.41, 5.74) is 1.70. The fourth-order valence-corrected chi connectivity index (χ4v) is 1.25. The lowest BCUT2D eigenvalue weighted by Crippen LogP contribution is -2.32. The van der Waals surface area contributed by atoms with E-state index in [1.165, 1.54) is 6.20 Å². The van der Waals surface area contributed by atoms with Crippen LogP contribution >= 0.6 is 0 Å². The van der Waals surface area contributed by atoms with Gasteiger partial charge in [0.1, 0.15) is 13.1 Å². The molecule has 18 heavy (non-hydrogen) atoms. The van der Waals surface area contributed by atoms with Gasteiger partial charge in [-0.05, 0) is 6.07 Å². The molecule has 0 aliphatic rings. The molecule has 1 heterocycles. The van der Waals surface area contributed by atoms with Crippen LogP contribution in [-0.2, 0) is 0 Å². The van der Waals surface area contributed by atoms with Crippen molar-refractivity contribution >= 4 is 11.7 Å². The summed E-state index contributed by atoms with van der Waals surface area (Å²) in [6.45, 7) is -0.612. The first-order chi connectivity index (χ1) is 8.65. The van der Waals surface area contributed by atoms with E-state index in [1.54, 1.807) is 12.1 Å². The molecule has 0 aliphatic heterocycles. The van der Waals surface area contributed by atoms with Gasteiger partial charge in [0.2, 0.25) is 0 Å². The maximum Gasteiger partial charge on any atom is 0.258 e. The first kappa shape index (κ1) is 13.4. The average molecular weight is 248 g/mol. The van der Waals surface area contributed by atoms with Crippen molar-refractivity contribution in [3.8, 4) is 12.1 Å². The summed E-state index contributed by atoms with van der Waals surface area (Å²) >= 11 is 0. The van der Waals surface area contributed by atoms with Crippen LogP contribution in [0.4, 0.5) is 10.2 Å². The van der Waals surface area contributed by atoms with E-state index >= 15 is 0 Å². The molecule has 1 aromatic rings. The highest BCUT2D eigenvalue weighted by Crippen LogP contribution is 2.15. The largest absolute Gasteiger partial charge is 0.312 e. The van der Waals surface area contributed by atoms with Gasteiger partial charge in [0.15, 0.2) is 11.6 Å². The molecule has 0 spiro atoms. The van der Waals surface area contributed by atoms with E-state index in [9.17, 15) is 9.18 Å². The molecule has 0 bridgehead atoms. The van der Waals surface area contributed by atoms with Gasteiger partial charge in [-0.1, -0.05) is 0 Å². The Kier molecular flexibility index (Phi) is 4.55. The molecular weight excluding hydrogens is 239 g/mol. The third-order valence-corrected chi connectivity index (χ3v) is 2.07. The summed E-state index contributed by atoms with van der Waals surface area (Å²) in [6, 6.07) is 4.61. The van der Waals surface area contributed by atoms with Gasteiger partial charge in [-0.3, -0.25) is 4.79 Å². The molecule has 0 saturated carbocycles. The number of carbonyl (C=O) groups is 1. The van der Waals surface area contributed by atoms with Crippen LogP contribution in [0.1, 0.15) is 10.4 Å². The number of carbonyl (C=O) groups excluding carboxylic acids is 1. The van der Waals surface area contributed by atoms with Gasteiger partial charge >= 0.3 is 0 Å². The fourth-order valence-electron chi connectivity index (χ4n) is 1.25. The van der Waals surface area contributed by atoms with Crippen molar-refractivity contribution in [2.45, 2.75) is 0 Å². The van der Waals surface area contributed by atoms with Crippen molar-refractivity contribution in [3.63, 3.8) is 0 Å². The Hall–Kier alpha value is -2.71. The summed E-state index contributed by atoms with van der Waals surface area (Å²) in [5, 5.41) is 17.1.